The summed E-state index contributed by atoms with van der Waals surface area (Å²) in [6, 6.07) is 6.47. The van der Waals surface area contributed by atoms with E-state index in [-0.39, 0.29) is 0 Å². The van der Waals surface area contributed by atoms with Crippen LogP contribution in [0.1, 0.15) is 18.2 Å². The van der Waals surface area contributed by atoms with Crippen LogP contribution in [0.3, 0.4) is 0 Å². The zero-order valence-electron chi connectivity index (χ0n) is 8.10. The maximum atomic E-state index is 3.53. The summed E-state index contributed by atoms with van der Waals surface area (Å²) < 4.78 is 1.17. The number of rotatable bonds is 0. The minimum atomic E-state index is 0.805. The summed E-state index contributed by atoms with van der Waals surface area (Å²) in [5.74, 6) is 0.805. The minimum absolute atomic E-state index is 0.805. The first-order valence-electron chi connectivity index (χ1n) is 5.03. The highest BCUT2D eigenvalue weighted by molar-refractivity contribution is 9.10. The molecule has 0 aliphatic heterocycles. The van der Waals surface area contributed by atoms with Gasteiger partial charge in [0.15, 0.2) is 0 Å². The molecule has 1 aromatic heterocycles. The van der Waals surface area contributed by atoms with Gasteiger partial charge in [-0.15, -0.1) is 0 Å². The summed E-state index contributed by atoms with van der Waals surface area (Å²) >= 11 is 3.53. The molecular formula is C12H12BrN. The number of nitrogens with one attached hydrogen (secondary N) is 1. The minimum Gasteiger partial charge on any atom is -0.358 e. The third-order valence-corrected chi connectivity index (χ3v) is 3.55. The molecule has 0 amide bonds. The monoisotopic (exact) mass is 249 g/mol. The van der Waals surface area contributed by atoms with Crippen LogP contribution in [0.2, 0.25) is 0 Å². The van der Waals surface area contributed by atoms with Gasteiger partial charge >= 0.3 is 0 Å². The molecule has 0 radical (unpaired) electrons. The first-order chi connectivity index (χ1) is 6.74. The Labute approximate surface area is 91.6 Å². The van der Waals surface area contributed by atoms with Crippen LogP contribution in [0.25, 0.3) is 10.9 Å². The normalized spacial score (nSPS) is 20.3. The lowest BCUT2D eigenvalue weighted by atomic mass is 10.1. The second kappa shape index (κ2) is 2.86. The SMILES string of the molecule is CC1Cc2[nH]c3ccc(Br)cc3c2C1. The van der Waals surface area contributed by atoms with Crippen molar-refractivity contribution in [1.82, 2.24) is 4.98 Å². The van der Waals surface area contributed by atoms with E-state index in [4.69, 9.17) is 0 Å². The third-order valence-electron chi connectivity index (χ3n) is 3.06. The standard InChI is InChI=1S/C12H12BrN/c1-7-4-9-10-6-8(13)2-3-11(10)14-12(9)5-7/h2-3,6-7,14H,4-5H2,1H3. The van der Waals surface area contributed by atoms with E-state index >= 15 is 0 Å². The molecule has 1 N–H and O–H groups in total. The smallest absolute Gasteiger partial charge is 0.0459 e. The van der Waals surface area contributed by atoms with E-state index < -0.39 is 0 Å². The van der Waals surface area contributed by atoms with Crippen molar-refractivity contribution in [3.05, 3.63) is 33.9 Å². The molecule has 0 bridgehead atoms. The lowest BCUT2D eigenvalue weighted by Gasteiger charge is -1.99. The molecule has 0 spiro atoms. The predicted octanol–water partition coefficient (Wildman–Crippen LogP) is 3.67. The van der Waals surface area contributed by atoms with E-state index in [1.165, 1.54) is 39.5 Å². The van der Waals surface area contributed by atoms with Crippen molar-refractivity contribution in [1.29, 1.82) is 0 Å². The molecule has 1 unspecified atom stereocenters. The summed E-state index contributed by atoms with van der Waals surface area (Å²) in [6.07, 6.45) is 2.44. The predicted molar refractivity (Wildman–Crippen MR) is 62.6 cm³/mol. The van der Waals surface area contributed by atoms with Gasteiger partial charge in [-0.05, 0) is 42.5 Å². The van der Waals surface area contributed by atoms with E-state index in [0.29, 0.717) is 0 Å². The van der Waals surface area contributed by atoms with E-state index in [1.54, 1.807) is 0 Å². The van der Waals surface area contributed by atoms with Crippen LogP contribution in [0.15, 0.2) is 22.7 Å². The van der Waals surface area contributed by atoms with Gasteiger partial charge in [-0.25, -0.2) is 0 Å². The quantitative estimate of drug-likeness (QED) is 0.734. The fourth-order valence-corrected chi connectivity index (χ4v) is 2.81. The van der Waals surface area contributed by atoms with Crippen LogP contribution in [0.4, 0.5) is 0 Å². The van der Waals surface area contributed by atoms with Crippen molar-refractivity contribution in [2.45, 2.75) is 19.8 Å². The molecule has 1 atom stereocenters. The summed E-state index contributed by atoms with van der Waals surface area (Å²) in [7, 11) is 0. The summed E-state index contributed by atoms with van der Waals surface area (Å²) in [5, 5.41) is 1.40. The zero-order chi connectivity index (χ0) is 9.71. The molecule has 14 heavy (non-hydrogen) atoms. The lowest BCUT2D eigenvalue weighted by Crippen LogP contribution is -1.92. The van der Waals surface area contributed by atoms with Gasteiger partial charge in [0.05, 0.1) is 0 Å². The van der Waals surface area contributed by atoms with Crippen molar-refractivity contribution >= 4 is 26.8 Å². The topological polar surface area (TPSA) is 15.8 Å². The average molecular weight is 250 g/mol. The average Bonchev–Trinajstić information content (AvgIpc) is 2.62. The Morgan fingerprint density at radius 3 is 3.07 bits per heavy atom. The molecule has 72 valence electrons. The fourth-order valence-electron chi connectivity index (χ4n) is 2.45. The largest absolute Gasteiger partial charge is 0.358 e. The first-order valence-corrected chi connectivity index (χ1v) is 5.82. The Kier molecular flexibility index (Phi) is 1.75. The van der Waals surface area contributed by atoms with Crippen molar-refractivity contribution in [3.63, 3.8) is 0 Å². The Balaban J connectivity index is 2.30. The molecule has 2 aromatic rings. The summed E-state index contributed by atoms with van der Waals surface area (Å²) in [4.78, 5) is 3.51. The molecule has 3 rings (SSSR count). The van der Waals surface area contributed by atoms with Gasteiger partial charge < -0.3 is 4.98 Å². The van der Waals surface area contributed by atoms with Crippen molar-refractivity contribution in [2.75, 3.05) is 0 Å². The highest BCUT2D eigenvalue weighted by Gasteiger charge is 2.21. The van der Waals surface area contributed by atoms with Crippen LogP contribution in [0.5, 0.6) is 0 Å². The Hall–Kier alpha value is -0.760. The molecule has 2 heteroatoms. The number of fused-ring (bicyclic) bond motifs is 3. The van der Waals surface area contributed by atoms with Gasteiger partial charge in [-0.1, -0.05) is 22.9 Å². The molecular weight excluding hydrogens is 238 g/mol. The van der Waals surface area contributed by atoms with Gasteiger partial charge in [0.1, 0.15) is 0 Å². The van der Waals surface area contributed by atoms with E-state index in [9.17, 15) is 0 Å². The number of benzene rings is 1. The number of H-pyrrole nitrogens is 1. The van der Waals surface area contributed by atoms with Crippen LogP contribution in [-0.2, 0) is 12.8 Å². The molecule has 1 aliphatic carbocycles. The van der Waals surface area contributed by atoms with Gasteiger partial charge in [0.2, 0.25) is 0 Å². The van der Waals surface area contributed by atoms with Gasteiger partial charge in [-0.2, -0.15) is 0 Å². The number of hydrogen-bond acceptors (Lipinski definition) is 0. The maximum absolute atomic E-state index is 3.53. The summed E-state index contributed by atoms with van der Waals surface area (Å²) in [5.41, 5.74) is 4.27. The molecule has 1 aromatic carbocycles. The second-order valence-electron chi connectivity index (χ2n) is 4.29. The number of aromatic amines is 1. The van der Waals surface area contributed by atoms with Crippen LogP contribution >= 0.6 is 15.9 Å². The number of hydrogen-bond donors (Lipinski definition) is 1. The Morgan fingerprint density at radius 1 is 1.36 bits per heavy atom. The van der Waals surface area contributed by atoms with Crippen molar-refractivity contribution in [2.24, 2.45) is 5.92 Å². The third kappa shape index (κ3) is 1.13. The lowest BCUT2D eigenvalue weighted by molar-refractivity contribution is 0.623. The maximum Gasteiger partial charge on any atom is 0.0459 e. The van der Waals surface area contributed by atoms with E-state index in [2.05, 4.69) is 46.0 Å². The molecule has 0 saturated carbocycles. The van der Waals surface area contributed by atoms with Gasteiger partial charge in [-0.3, -0.25) is 0 Å². The molecule has 1 aliphatic rings. The summed E-state index contributed by atoms with van der Waals surface area (Å²) in [6.45, 7) is 2.32. The Morgan fingerprint density at radius 2 is 2.21 bits per heavy atom. The molecule has 1 nitrogen and oxygen atoms in total. The van der Waals surface area contributed by atoms with Crippen LogP contribution in [0, 0.1) is 5.92 Å². The molecule has 0 fully saturated rings. The highest BCUT2D eigenvalue weighted by Crippen LogP contribution is 2.33. The van der Waals surface area contributed by atoms with Crippen molar-refractivity contribution < 1.29 is 0 Å². The van der Waals surface area contributed by atoms with Crippen molar-refractivity contribution in [3.8, 4) is 0 Å². The Bertz CT molecular complexity index is 498. The van der Waals surface area contributed by atoms with E-state index in [0.717, 1.165) is 5.92 Å². The first kappa shape index (κ1) is 8.54. The van der Waals surface area contributed by atoms with Crippen LogP contribution < -0.4 is 0 Å². The number of halogens is 1. The fraction of sp³-hybridized carbons (Fsp3) is 0.333. The number of aromatic nitrogens is 1. The van der Waals surface area contributed by atoms with E-state index in [1.807, 2.05) is 0 Å². The zero-order valence-corrected chi connectivity index (χ0v) is 9.69. The van der Waals surface area contributed by atoms with Gasteiger partial charge in [0.25, 0.3) is 0 Å². The van der Waals surface area contributed by atoms with Gasteiger partial charge in [0, 0.05) is 21.1 Å². The molecule has 1 heterocycles. The molecule has 0 saturated heterocycles. The second-order valence-corrected chi connectivity index (χ2v) is 5.20. The van der Waals surface area contributed by atoms with Crippen LogP contribution in [-0.4, -0.2) is 4.98 Å². The highest BCUT2D eigenvalue weighted by atomic mass is 79.9.